The van der Waals surface area contributed by atoms with Gasteiger partial charge in [-0.25, -0.2) is 0 Å². The number of allylic oxidation sites excluding steroid dienone is 4. The van der Waals surface area contributed by atoms with Crippen molar-refractivity contribution in [2.45, 2.75) is 32.9 Å². The van der Waals surface area contributed by atoms with Crippen molar-refractivity contribution in [2.24, 2.45) is 5.92 Å². The molecular formula is C10H13F3. The van der Waals surface area contributed by atoms with E-state index in [1.165, 1.54) is 6.08 Å². The van der Waals surface area contributed by atoms with Gasteiger partial charge in [-0.1, -0.05) is 31.6 Å². The molecule has 1 aliphatic carbocycles. The van der Waals surface area contributed by atoms with Crippen molar-refractivity contribution in [1.29, 1.82) is 0 Å². The summed E-state index contributed by atoms with van der Waals surface area (Å²) < 4.78 is 37.3. The van der Waals surface area contributed by atoms with Crippen molar-refractivity contribution >= 4 is 0 Å². The summed E-state index contributed by atoms with van der Waals surface area (Å²) in [4.78, 5) is 0. The molecule has 0 bridgehead atoms. The lowest BCUT2D eigenvalue weighted by atomic mass is 9.89. The fourth-order valence-electron chi connectivity index (χ4n) is 1.56. The van der Waals surface area contributed by atoms with E-state index >= 15 is 0 Å². The third-order valence-electron chi connectivity index (χ3n) is 2.21. The third-order valence-corrected chi connectivity index (χ3v) is 2.21. The Labute approximate surface area is 76.1 Å². The molecule has 0 aromatic heterocycles. The van der Waals surface area contributed by atoms with Gasteiger partial charge < -0.3 is 0 Å². The van der Waals surface area contributed by atoms with Gasteiger partial charge in [0.1, 0.15) is 0 Å². The van der Waals surface area contributed by atoms with Gasteiger partial charge in [-0.2, -0.15) is 13.2 Å². The highest BCUT2D eigenvalue weighted by molar-refractivity contribution is 5.34. The second-order valence-corrected chi connectivity index (χ2v) is 3.53. The van der Waals surface area contributed by atoms with Crippen LogP contribution in [0.25, 0.3) is 0 Å². The maximum absolute atomic E-state index is 12.4. The van der Waals surface area contributed by atoms with Crippen molar-refractivity contribution < 1.29 is 13.2 Å². The minimum Gasteiger partial charge on any atom is -0.166 e. The zero-order chi connectivity index (χ0) is 10.1. The van der Waals surface area contributed by atoms with Crippen molar-refractivity contribution in [3.63, 3.8) is 0 Å². The minimum atomic E-state index is -4.18. The summed E-state index contributed by atoms with van der Waals surface area (Å²) >= 11 is 0. The Kier molecular flexibility index (Phi) is 2.84. The zero-order valence-electron chi connectivity index (χ0n) is 7.78. The maximum atomic E-state index is 12.4. The molecule has 0 aromatic rings. The van der Waals surface area contributed by atoms with Crippen LogP contribution >= 0.6 is 0 Å². The van der Waals surface area contributed by atoms with Crippen LogP contribution in [0.1, 0.15) is 26.7 Å². The van der Waals surface area contributed by atoms with Gasteiger partial charge in [-0.3, -0.25) is 0 Å². The number of halogens is 3. The van der Waals surface area contributed by atoms with Gasteiger partial charge in [0.2, 0.25) is 0 Å². The SMILES string of the molecule is CC(C)C1=C(C(F)(F)F)C=CCC1. The Hall–Kier alpha value is -0.730. The molecule has 0 N–H and O–H groups in total. The Morgan fingerprint density at radius 3 is 2.31 bits per heavy atom. The van der Waals surface area contributed by atoms with Crippen LogP contribution in [0, 0.1) is 5.92 Å². The van der Waals surface area contributed by atoms with E-state index in [-0.39, 0.29) is 5.92 Å². The van der Waals surface area contributed by atoms with Crippen LogP contribution in [0.5, 0.6) is 0 Å². The van der Waals surface area contributed by atoms with E-state index in [9.17, 15) is 13.2 Å². The largest absolute Gasteiger partial charge is 0.416 e. The number of hydrogen-bond donors (Lipinski definition) is 0. The van der Waals surface area contributed by atoms with Gasteiger partial charge in [-0.15, -0.1) is 0 Å². The number of rotatable bonds is 1. The van der Waals surface area contributed by atoms with Crippen LogP contribution in [0.3, 0.4) is 0 Å². The van der Waals surface area contributed by atoms with E-state index in [0.717, 1.165) is 6.42 Å². The first-order chi connectivity index (χ1) is 5.93. The second kappa shape index (κ2) is 3.56. The van der Waals surface area contributed by atoms with Gasteiger partial charge >= 0.3 is 6.18 Å². The third kappa shape index (κ3) is 2.36. The smallest absolute Gasteiger partial charge is 0.166 e. The molecule has 1 aliphatic rings. The van der Waals surface area contributed by atoms with Crippen molar-refractivity contribution in [1.82, 2.24) is 0 Å². The lowest BCUT2D eigenvalue weighted by molar-refractivity contribution is -0.0897. The molecule has 0 aromatic carbocycles. The molecule has 0 spiro atoms. The topological polar surface area (TPSA) is 0 Å². The highest BCUT2D eigenvalue weighted by Crippen LogP contribution is 2.36. The molecule has 0 radical (unpaired) electrons. The summed E-state index contributed by atoms with van der Waals surface area (Å²) in [6, 6.07) is 0. The standard InChI is InChI=1S/C10H13F3/c1-7(2)8-5-3-4-6-9(8)10(11,12)13/h4,6-7H,3,5H2,1-2H3. The van der Waals surface area contributed by atoms with E-state index in [1.54, 1.807) is 19.9 Å². The van der Waals surface area contributed by atoms with E-state index in [4.69, 9.17) is 0 Å². The van der Waals surface area contributed by atoms with Gasteiger partial charge in [0.15, 0.2) is 0 Å². The Balaban J connectivity index is 3.05. The van der Waals surface area contributed by atoms with Crippen LogP contribution in [0.15, 0.2) is 23.3 Å². The highest BCUT2D eigenvalue weighted by atomic mass is 19.4. The molecule has 3 heteroatoms. The summed E-state index contributed by atoms with van der Waals surface area (Å²) in [6.45, 7) is 3.61. The molecule has 0 nitrogen and oxygen atoms in total. The summed E-state index contributed by atoms with van der Waals surface area (Å²) in [5, 5.41) is 0. The van der Waals surface area contributed by atoms with Crippen LogP contribution in [0.4, 0.5) is 13.2 Å². The molecule has 74 valence electrons. The summed E-state index contributed by atoms with van der Waals surface area (Å²) in [5.74, 6) is -0.0124. The summed E-state index contributed by atoms with van der Waals surface area (Å²) in [6.07, 6.45) is -0.111. The summed E-state index contributed by atoms with van der Waals surface area (Å²) in [7, 11) is 0. The molecular weight excluding hydrogens is 177 g/mol. The molecule has 0 amide bonds. The Morgan fingerprint density at radius 2 is 1.92 bits per heavy atom. The van der Waals surface area contributed by atoms with Crippen molar-refractivity contribution in [2.75, 3.05) is 0 Å². The fraction of sp³-hybridized carbons (Fsp3) is 0.600. The van der Waals surface area contributed by atoms with Gasteiger partial charge in [0, 0.05) is 0 Å². The first kappa shape index (κ1) is 10.4. The lowest BCUT2D eigenvalue weighted by Gasteiger charge is -2.20. The zero-order valence-corrected chi connectivity index (χ0v) is 7.78. The number of hydrogen-bond acceptors (Lipinski definition) is 0. The van der Waals surface area contributed by atoms with Crippen LogP contribution in [-0.4, -0.2) is 6.18 Å². The lowest BCUT2D eigenvalue weighted by Crippen LogP contribution is -2.16. The minimum absolute atomic E-state index is 0.0124. The molecule has 0 heterocycles. The fourth-order valence-corrected chi connectivity index (χ4v) is 1.56. The Bertz CT molecular complexity index is 243. The highest BCUT2D eigenvalue weighted by Gasteiger charge is 2.35. The molecule has 0 saturated heterocycles. The van der Waals surface area contributed by atoms with Crippen molar-refractivity contribution in [3.8, 4) is 0 Å². The molecule has 0 saturated carbocycles. The monoisotopic (exact) mass is 190 g/mol. The Morgan fingerprint density at radius 1 is 1.31 bits per heavy atom. The first-order valence-electron chi connectivity index (χ1n) is 4.39. The van der Waals surface area contributed by atoms with E-state index in [2.05, 4.69) is 0 Å². The average molecular weight is 190 g/mol. The summed E-state index contributed by atoms with van der Waals surface area (Å²) in [5.41, 5.74) is 0.101. The van der Waals surface area contributed by atoms with Crippen molar-refractivity contribution in [3.05, 3.63) is 23.3 Å². The van der Waals surface area contributed by atoms with E-state index in [0.29, 0.717) is 12.0 Å². The predicted octanol–water partition coefficient (Wildman–Crippen LogP) is 3.85. The normalized spacial score (nSPS) is 18.6. The van der Waals surface area contributed by atoms with E-state index in [1.807, 2.05) is 0 Å². The van der Waals surface area contributed by atoms with Crippen LogP contribution in [-0.2, 0) is 0 Å². The van der Waals surface area contributed by atoms with Gasteiger partial charge in [0.05, 0.1) is 5.57 Å². The predicted molar refractivity (Wildman–Crippen MR) is 46.3 cm³/mol. The van der Waals surface area contributed by atoms with Gasteiger partial charge in [-0.05, 0) is 18.8 Å². The molecule has 0 unspecified atom stereocenters. The molecule has 0 aliphatic heterocycles. The molecule has 13 heavy (non-hydrogen) atoms. The second-order valence-electron chi connectivity index (χ2n) is 3.53. The van der Waals surface area contributed by atoms with E-state index < -0.39 is 11.7 Å². The first-order valence-corrected chi connectivity index (χ1v) is 4.39. The molecule has 1 rings (SSSR count). The average Bonchev–Trinajstić information content (AvgIpc) is 2.03. The van der Waals surface area contributed by atoms with Crippen LogP contribution < -0.4 is 0 Å². The molecule has 0 fully saturated rings. The number of alkyl halides is 3. The molecule has 0 atom stereocenters. The van der Waals surface area contributed by atoms with Gasteiger partial charge in [0.25, 0.3) is 0 Å². The van der Waals surface area contributed by atoms with Crippen LogP contribution in [0.2, 0.25) is 0 Å². The quantitative estimate of drug-likeness (QED) is 0.589. The maximum Gasteiger partial charge on any atom is 0.416 e.